The van der Waals surface area contributed by atoms with E-state index in [1.807, 2.05) is 0 Å². The van der Waals surface area contributed by atoms with E-state index in [1.54, 1.807) is 0 Å². The number of rotatable bonds is 3. The van der Waals surface area contributed by atoms with Gasteiger partial charge in [-0.25, -0.2) is 8.78 Å². The number of alkyl halides is 2. The molecule has 0 aromatic carbocycles. The lowest BCUT2D eigenvalue weighted by Crippen LogP contribution is -2.03. The van der Waals surface area contributed by atoms with E-state index in [9.17, 15) is 23.7 Å². The van der Waals surface area contributed by atoms with Crippen molar-refractivity contribution in [1.82, 2.24) is 4.98 Å². The van der Waals surface area contributed by atoms with Gasteiger partial charge in [0.05, 0.1) is 0 Å². The number of carbonyl (C=O) groups is 1. The van der Waals surface area contributed by atoms with Crippen molar-refractivity contribution in [2.45, 2.75) is 6.43 Å². The van der Waals surface area contributed by atoms with E-state index in [2.05, 4.69) is 4.98 Å². The molecule has 0 bridgehead atoms. The summed E-state index contributed by atoms with van der Waals surface area (Å²) < 4.78 is 24.3. The van der Waals surface area contributed by atoms with Gasteiger partial charge in [0.15, 0.2) is 0 Å². The molecule has 0 unspecified atom stereocenters. The van der Waals surface area contributed by atoms with E-state index in [4.69, 9.17) is 11.6 Å². The van der Waals surface area contributed by atoms with Crippen LogP contribution in [0, 0.1) is 10.1 Å². The van der Waals surface area contributed by atoms with E-state index in [1.165, 1.54) is 0 Å². The average Bonchev–Trinajstić information content (AvgIpc) is 2.16. The Morgan fingerprint density at radius 2 is 2.13 bits per heavy atom. The maximum absolute atomic E-state index is 12.1. The quantitative estimate of drug-likeness (QED) is 0.459. The summed E-state index contributed by atoms with van der Waals surface area (Å²) in [4.78, 5) is 23.1. The molecule has 15 heavy (non-hydrogen) atoms. The topological polar surface area (TPSA) is 73.1 Å². The smallest absolute Gasteiger partial charge is 0.358 e. The van der Waals surface area contributed by atoms with Crippen molar-refractivity contribution >= 4 is 22.7 Å². The number of nitrogens with zero attached hydrogens (tertiary/aromatic N) is 2. The zero-order valence-corrected chi connectivity index (χ0v) is 7.74. The van der Waals surface area contributed by atoms with Gasteiger partial charge in [0.25, 0.3) is 5.24 Å². The third-order valence-electron chi connectivity index (χ3n) is 1.50. The zero-order valence-electron chi connectivity index (χ0n) is 6.99. The Morgan fingerprint density at radius 3 is 2.53 bits per heavy atom. The minimum atomic E-state index is -2.94. The van der Waals surface area contributed by atoms with E-state index in [0.29, 0.717) is 0 Å². The molecule has 1 heterocycles. The van der Waals surface area contributed by atoms with Crippen molar-refractivity contribution in [3.63, 3.8) is 0 Å². The number of carbonyl (C=O) groups excluding carboxylic acids is 1. The Balaban J connectivity index is 3.33. The van der Waals surface area contributed by atoms with Crippen LogP contribution in [-0.2, 0) is 0 Å². The summed E-state index contributed by atoms with van der Waals surface area (Å²) in [5, 5.41) is 9.27. The molecule has 0 aliphatic heterocycles. The molecular formula is C7H3ClF2N2O3. The fourth-order valence-electron chi connectivity index (χ4n) is 0.877. The lowest BCUT2D eigenvalue weighted by atomic mass is 10.2. The molecular weight excluding hydrogens is 234 g/mol. The van der Waals surface area contributed by atoms with E-state index in [-0.39, 0.29) is 0 Å². The van der Waals surface area contributed by atoms with Crippen molar-refractivity contribution < 1.29 is 18.5 Å². The highest BCUT2D eigenvalue weighted by molar-refractivity contribution is 6.68. The normalized spacial score (nSPS) is 10.4. The number of halogens is 3. The van der Waals surface area contributed by atoms with Crippen LogP contribution in [0.5, 0.6) is 0 Å². The number of pyridine rings is 1. The van der Waals surface area contributed by atoms with Crippen LogP contribution in [0.3, 0.4) is 0 Å². The molecule has 1 aromatic heterocycles. The summed E-state index contributed by atoms with van der Waals surface area (Å²) in [6, 6.07) is 1.66. The zero-order chi connectivity index (χ0) is 11.6. The van der Waals surface area contributed by atoms with Gasteiger partial charge in [-0.1, -0.05) is 0 Å². The predicted octanol–water partition coefficient (Wildman–Crippen LogP) is 2.31. The Hall–Kier alpha value is -1.63. The van der Waals surface area contributed by atoms with Crippen LogP contribution in [0.25, 0.3) is 0 Å². The van der Waals surface area contributed by atoms with Crippen LogP contribution in [0.1, 0.15) is 22.5 Å². The molecule has 0 aliphatic rings. The van der Waals surface area contributed by atoms with Gasteiger partial charge in [0.1, 0.15) is 5.56 Å². The molecule has 1 rings (SSSR count). The van der Waals surface area contributed by atoms with Gasteiger partial charge in [-0.2, -0.15) is 0 Å². The molecule has 0 radical (unpaired) electrons. The van der Waals surface area contributed by atoms with Crippen LogP contribution in [0.4, 0.5) is 14.6 Å². The van der Waals surface area contributed by atoms with Crippen LogP contribution >= 0.6 is 11.6 Å². The molecule has 0 atom stereocenters. The summed E-state index contributed by atoms with van der Waals surface area (Å²) in [6.07, 6.45) is -2.94. The van der Waals surface area contributed by atoms with Gasteiger partial charge in [0.2, 0.25) is 5.69 Å². The largest absolute Gasteiger partial charge is 0.376 e. The molecule has 0 aliphatic carbocycles. The molecule has 0 saturated carbocycles. The second-order valence-electron chi connectivity index (χ2n) is 2.44. The van der Waals surface area contributed by atoms with E-state index >= 15 is 0 Å². The van der Waals surface area contributed by atoms with Crippen molar-refractivity contribution in [1.29, 1.82) is 0 Å². The van der Waals surface area contributed by atoms with Crippen molar-refractivity contribution in [2.24, 2.45) is 0 Å². The third-order valence-corrected chi connectivity index (χ3v) is 1.71. The average molecular weight is 237 g/mol. The Bertz CT molecular complexity index is 425. The van der Waals surface area contributed by atoms with Crippen LogP contribution < -0.4 is 0 Å². The third kappa shape index (κ3) is 2.44. The SMILES string of the molecule is O=C(Cl)c1ccc(C(F)F)nc1[N+](=O)[O-]. The summed E-state index contributed by atoms with van der Waals surface area (Å²) in [5.74, 6) is -0.965. The summed E-state index contributed by atoms with van der Waals surface area (Å²) in [7, 11) is 0. The first-order valence-electron chi connectivity index (χ1n) is 3.56. The minimum absolute atomic E-state index is 0.508. The lowest BCUT2D eigenvalue weighted by molar-refractivity contribution is -0.390. The highest BCUT2D eigenvalue weighted by atomic mass is 35.5. The fraction of sp³-hybridized carbons (Fsp3) is 0.143. The van der Waals surface area contributed by atoms with Gasteiger partial charge in [-0.05, 0) is 33.6 Å². The predicted molar refractivity (Wildman–Crippen MR) is 46.0 cm³/mol. The second kappa shape index (κ2) is 4.26. The van der Waals surface area contributed by atoms with Crippen molar-refractivity contribution in [3.8, 4) is 0 Å². The first kappa shape index (κ1) is 11.4. The fourth-order valence-corrected chi connectivity index (χ4v) is 1.02. The van der Waals surface area contributed by atoms with Gasteiger partial charge >= 0.3 is 12.2 Å². The number of hydrogen-bond donors (Lipinski definition) is 0. The maximum Gasteiger partial charge on any atom is 0.376 e. The van der Waals surface area contributed by atoms with Crippen molar-refractivity contribution in [2.75, 3.05) is 0 Å². The first-order chi connectivity index (χ1) is 6.93. The molecule has 0 spiro atoms. The van der Waals surface area contributed by atoms with Gasteiger partial charge < -0.3 is 10.1 Å². The standard InChI is InChI=1S/C7H3ClF2N2O3/c8-5(13)3-1-2-4(6(9)10)11-7(3)12(14)15/h1-2,6H. The first-order valence-corrected chi connectivity index (χ1v) is 3.94. The molecule has 0 saturated heterocycles. The maximum atomic E-state index is 12.1. The van der Waals surface area contributed by atoms with Crippen molar-refractivity contribution in [3.05, 3.63) is 33.5 Å². The molecule has 80 valence electrons. The van der Waals surface area contributed by atoms with Gasteiger partial charge in [-0.3, -0.25) is 4.79 Å². The summed E-state index contributed by atoms with van der Waals surface area (Å²) in [5.41, 5.74) is -1.28. The molecule has 1 aromatic rings. The highest BCUT2D eigenvalue weighted by Gasteiger charge is 2.25. The van der Waals surface area contributed by atoms with Gasteiger partial charge in [-0.15, -0.1) is 0 Å². The Labute approximate surface area is 86.8 Å². The number of aromatic nitrogens is 1. The molecule has 5 nitrogen and oxygen atoms in total. The number of hydrogen-bond acceptors (Lipinski definition) is 4. The monoisotopic (exact) mass is 236 g/mol. The lowest BCUT2D eigenvalue weighted by Gasteiger charge is -1.99. The Kier molecular flexibility index (Phi) is 3.25. The molecule has 0 N–H and O–H groups in total. The van der Waals surface area contributed by atoms with Crippen LogP contribution in [-0.4, -0.2) is 15.1 Å². The minimum Gasteiger partial charge on any atom is -0.358 e. The summed E-state index contributed by atoms with van der Waals surface area (Å²) in [6.45, 7) is 0. The second-order valence-corrected chi connectivity index (χ2v) is 2.78. The van der Waals surface area contributed by atoms with Gasteiger partial charge in [0, 0.05) is 0 Å². The Morgan fingerprint density at radius 1 is 1.53 bits per heavy atom. The molecule has 0 amide bonds. The molecule has 8 heteroatoms. The van der Waals surface area contributed by atoms with Crippen LogP contribution in [0.2, 0.25) is 0 Å². The van der Waals surface area contributed by atoms with E-state index < -0.39 is 33.7 Å². The highest BCUT2D eigenvalue weighted by Crippen LogP contribution is 2.23. The van der Waals surface area contributed by atoms with E-state index in [0.717, 1.165) is 12.1 Å². The number of nitro groups is 1. The van der Waals surface area contributed by atoms with Crippen LogP contribution in [0.15, 0.2) is 12.1 Å². The molecule has 0 fully saturated rings. The summed E-state index contributed by atoms with van der Waals surface area (Å²) >= 11 is 5.01.